The van der Waals surface area contributed by atoms with Gasteiger partial charge in [-0.05, 0) is 55.0 Å². The summed E-state index contributed by atoms with van der Waals surface area (Å²) in [6.45, 7) is 4.88. The summed E-state index contributed by atoms with van der Waals surface area (Å²) < 4.78 is 16.1. The zero-order valence-electron chi connectivity index (χ0n) is 19.2. The van der Waals surface area contributed by atoms with Crippen LogP contribution in [-0.4, -0.2) is 22.9 Å². The van der Waals surface area contributed by atoms with Gasteiger partial charge in [0.05, 0.1) is 23.5 Å². The first-order valence-electron chi connectivity index (χ1n) is 10.8. The van der Waals surface area contributed by atoms with Crippen molar-refractivity contribution in [1.29, 1.82) is 5.26 Å². The largest absolute Gasteiger partial charge is 0.420 e. The predicted octanol–water partition coefficient (Wildman–Crippen LogP) is 5.43. The van der Waals surface area contributed by atoms with Crippen LogP contribution in [0.25, 0.3) is 6.08 Å². The average Bonchev–Trinajstić information content (AvgIpc) is 2.90. The van der Waals surface area contributed by atoms with E-state index < -0.39 is 23.6 Å². The number of rotatable bonds is 5. The molecule has 178 valence electrons. The lowest BCUT2D eigenvalue weighted by molar-refractivity contribution is 0.0681. The number of fused-ring (bicyclic) bond motifs is 1. The quantitative estimate of drug-likeness (QED) is 0.272. The molecule has 1 heterocycles. The molecule has 1 atom stereocenters. The number of hydrogen-bond acceptors (Lipinski definition) is 7. The third kappa shape index (κ3) is 4.58. The van der Waals surface area contributed by atoms with Crippen molar-refractivity contribution in [3.63, 3.8) is 0 Å². The topological polar surface area (TPSA) is 106 Å². The van der Waals surface area contributed by atoms with E-state index >= 15 is 0 Å². The van der Waals surface area contributed by atoms with Crippen LogP contribution in [0.4, 0.5) is 4.79 Å². The monoisotopic (exact) mass is 480 g/mol. The number of carbonyl (C=O) groups is 3. The fourth-order valence-corrected chi connectivity index (χ4v) is 3.68. The number of nitrogens with zero attached hydrogens (tertiary/aromatic N) is 2. The van der Waals surface area contributed by atoms with Gasteiger partial charge in [-0.3, -0.25) is 4.90 Å². The Morgan fingerprint density at radius 2 is 1.44 bits per heavy atom. The van der Waals surface area contributed by atoms with E-state index in [9.17, 15) is 19.6 Å². The van der Waals surface area contributed by atoms with Crippen LogP contribution in [-0.2, 0) is 10.3 Å². The highest BCUT2D eigenvalue weighted by Crippen LogP contribution is 2.42. The molecule has 0 aromatic heterocycles. The molecule has 3 aromatic rings. The molecular weight excluding hydrogens is 460 g/mol. The van der Waals surface area contributed by atoms with Crippen LogP contribution in [0, 0.1) is 11.3 Å². The molecule has 0 bridgehead atoms. The normalized spacial score (nSPS) is 15.7. The third-order valence-corrected chi connectivity index (χ3v) is 5.55. The second-order valence-electron chi connectivity index (χ2n) is 7.82. The van der Waals surface area contributed by atoms with Crippen molar-refractivity contribution in [2.75, 3.05) is 0 Å². The molecular formula is C28H20N2O6. The first-order chi connectivity index (χ1) is 17.4. The molecule has 8 nitrogen and oxygen atoms in total. The summed E-state index contributed by atoms with van der Waals surface area (Å²) in [5.74, 6) is -1.48. The van der Waals surface area contributed by atoms with E-state index in [2.05, 4.69) is 12.6 Å². The number of ether oxygens (including phenoxy) is 3. The number of esters is 2. The Hall–Kier alpha value is -5.16. The van der Waals surface area contributed by atoms with E-state index in [4.69, 9.17) is 14.2 Å². The van der Waals surface area contributed by atoms with E-state index in [0.717, 1.165) is 11.2 Å². The van der Waals surface area contributed by atoms with Gasteiger partial charge in [0.1, 0.15) is 0 Å². The molecule has 1 aliphatic rings. The lowest BCUT2D eigenvalue weighted by atomic mass is 9.85. The minimum absolute atomic E-state index is 0.0288. The summed E-state index contributed by atoms with van der Waals surface area (Å²) in [4.78, 5) is 39.2. The van der Waals surface area contributed by atoms with Crippen molar-refractivity contribution in [3.05, 3.63) is 114 Å². The standard InChI is InChI=1S/C28H20N2O6/c1-3-34-27(33)30-15-14-21-16-23(35-25(31)19-10-6-4-7-11-19)24(17-22(21)28(30,2)18-29)36-26(32)20-12-8-5-9-13-20/h3-17H,1H2,2H3/t28-/m1/s1. The zero-order chi connectivity index (χ0) is 25.7. The molecule has 0 unspecified atom stereocenters. The number of nitriles is 1. The van der Waals surface area contributed by atoms with E-state index in [1.54, 1.807) is 66.7 Å². The van der Waals surface area contributed by atoms with Crippen molar-refractivity contribution >= 4 is 24.1 Å². The summed E-state index contributed by atoms with van der Waals surface area (Å²) in [5.41, 5.74) is -0.137. The first kappa shape index (κ1) is 24.0. The van der Waals surface area contributed by atoms with Crippen LogP contribution in [0.15, 0.2) is 91.8 Å². The Labute approximate surface area is 207 Å². The van der Waals surface area contributed by atoms with Gasteiger partial charge in [-0.15, -0.1) is 0 Å². The average molecular weight is 480 g/mol. The summed E-state index contributed by atoms with van der Waals surface area (Å²) in [5, 5.41) is 10.0. The highest BCUT2D eigenvalue weighted by Gasteiger charge is 2.42. The van der Waals surface area contributed by atoms with Gasteiger partial charge in [-0.2, -0.15) is 5.26 Å². The van der Waals surface area contributed by atoms with Crippen LogP contribution in [0.2, 0.25) is 0 Å². The van der Waals surface area contributed by atoms with Gasteiger partial charge in [0.25, 0.3) is 0 Å². The first-order valence-corrected chi connectivity index (χ1v) is 10.8. The van der Waals surface area contributed by atoms with Crippen LogP contribution < -0.4 is 9.47 Å². The number of amides is 1. The Bertz CT molecular complexity index is 1410. The highest BCUT2D eigenvalue weighted by atomic mass is 16.6. The van der Waals surface area contributed by atoms with Gasteiger partial charge in [0.2, 0.25) is 0 Å². The lowest BCUT2D eigenvalue weighted by Crippen LogP contribution is -2.45. The molecule has 36 heavy (non-hydrogen) atoms. The molecule has 8 heteroatoms. The lowest BCUT2D eigenvalue weighted by Gasteiger charge is -2.36. The summed E-state index contributed by atoms with van der Waals surface area (Å²) >= 11 is 0. The van der Waals surface area contributed by atoms with Gasteiger partial charge < -0.3 is 14.2 Å². The van der Waals surface area contributed by atoms with Crippen LogP contribution in [0.3, 0.4) is 0 Å². The van der Waals surface area contributed by atoms with Crippen molar-refractivity contribution in [2.24, 2.45) is 0 Å². The molecule has 0 spiro atoms. The third-order valence-electron chi connectivity index (χ3n) is 5.55. The Kier molecular flexibility index (Phi) is 6.66. The van der Waals surface area contributed by atoms with Gasteiger partial charge in [-0.1, -0.05) is 43.0 Å². The molecule has 4 rings (SSSR count). The van der Waals surface area contributed by atoms with Crippen molar-refractivity contribution in [2.45, 2.75) is 12.5 Å². The Morgan fingerprint density at radius 1 is 0.917 bits per heavy atom. The van der Waals surface area contributed by atoms with E-state index in [1.165, 1.54) is 25.3 Å². The fraction of sp³-hybridized carbons (Fsp3) is 0.0714. The number of hydrogen-bond donors (Lipinski definition) is 0. The Morgan fingerprint density at radius 3 is 1.94 bits per heavy atom. The van der Waals surface area contributed by atoms with E-state index in [-0.39, 0.29) is 17.1 Å². The Balaban J connectivity index is 1.80. The van der Waals surface area contributed by atoms with Crippen molar-refractivity contribution in [1.82, 2.24) is 4.90 Å². The maximum atomic E-state index is 12.8. The molecule has 0 saturated heterocycles. The number of benzene rings is 3. The van der Waals surface area contributed by atoms with Crippen LogP contribution >= 0.6 is 0 Å². The predicted molar refractivity (Wildman–Crippen MR) is 130 cm³/mol. The molecule has 1 amide bonds. The molecule has 0 aliphatic carbocycles. The fourth-order valence-electron chi connectivity index (χ4n) is 3.68. The zero-order valence-corrected chi connectivity index (χ0v) is 19.2. The maximum absolute atomic E-state index is 12.8. The molecule has 0 N–H and O–H groups in total. The van der Waals surface area contributed by atoms with E-state index in [0.29, 0.717) is 16.7 Å². The summed E-state index contributed by atoms with van der Waals surface area (Å²) in [6.07, 6.45) is 3.08. The van der Waals surface area contributed by atoms with Crippen molar-refractivity contribution in [3.8, 4) is 17.6 Å². The maximum Gasteiger partial charge on any atom is 0.420 e. The smallest absolute Gasteiger partial charge is 0.419 e. The molecule has 0 fully saturated rings. The number of carbonyl (C=O) groups excluding carboxylic acids is 3. The summed E-state index contributed by atoms with van der Waals surface area (Å²) in [7, 11) is 0. The van der Waals surface area contributed by atoms with Crippen molar-refractivity contribution < 1.29 is 28.6 Å². The van der Waals surface area contributed by atoms with Gasteiger partial charge in [-0.25, -0.2) is 14.4 Å². The second-order valence-corrected chi connectivity index (χ2v) is 7.82. The highest BCUT2D eigenvalue weighted by molar-refractivity contribution is 5.93. The van der Waals surface area contributed by atoms with Crippen LogP contribution in [0.1, 0.15) is 38.8 Å². The second kappa shape index (κ2) is 9.99. The molecule has 0 radical (unpaired) electrons. The minimum atomic E-state index is -1.53. The molecule has 1 aliphatic heterocycles. The van der Waals surface area contributed by atoms with Gasteiger partial charge in [0.15, 0.2) is 17.0 Å². The summed E-state index contributed by atoms with van der Waals surface area (Å²) in [6, 6.07) is 21.6. The van der Waals surface area contributed by atoms with E-state index in [1.807, 2.05) is 0 Å². The minimum Gasteiger partial charge on any atom is -0.419 e. The van der Waals surface area contributed by atoms with Gasteiger partial charge in [0, 0.05) is 11.8 Å². The SMILES string of the molecule is C=COC(=O)N1C=Cc2cc(OC(=O)c3ccccc3)c(OC(=O)c3ccccc3)cc2[C@@]1(C)C#N. The molecule has 3 aromatic carbocycles. The van der Waals surface area contributed by atoms with Gasteiger partial charge >= 0.3 is 18.0 Å². The molecule has 0 saturated carbocycles. The van der Waals surface area contributed by atoms with Crippen LogP contribution in [0.5, 0.6) is 11.5 Å².